The number of aliphatic hydroxyl groups is 1. The van der Waals surface area contributed by atoms with E-state index in [2.05, 4.69) is 5.32 Å². The molecule has 0 fully saturated rings. The number of carbonyl (C=O) groups is 2. The highest BCUT2D eigenvalue weighted by molar-refractivity contribution is 8.76. The van der Waals surface area contributed by atoms with Gasteiger partial charge in [0, 0.05) is 11.8 Å². The van der Waals surface area contributed by atoms with Gasteiger partial charge >= 0.3 is 11.9 Å². The van der Waals surface area contributed by atoms with Crippen LogP contribution in [0.4, 0.5) is 0 Å². The molecule has 0 heterocycles. The van der Waals surface area contributed by atoms with Gasteiger partial charge in [0.15, 0.2) is 0 Å². The Hall–Kier alpha value is -1.66. The maximum Gasteiger partial charge on any atom is 0.352 e. The third-order valence-corrected chi connectivity index (χ3v) is 5.68. The van der Waals surface area contributed by atoms with E-state index in [-0.39, 0.29) is 28.6 Å². The van der Waals surface area contributed by atoms with Gasteiger partial charge in [-0.05, 0) is 19.1 Å². The summed E-state index contributed by atoms with van der Waals surface area (Å²) in [5.74, 6) is -3.51. The van der Waals surface area contributed by atoms with Crippen LogP contribution in [0.25, 0.3) is 0 Å². The van der Waals surface area contributed by atoms with Crippen LogP contribution in [0.3, 0.4) is 0 Å². The minimum absolute atomic E-state index is 0.0332. The topological polar surface area (TPSA) is 173 Å². The van der Waals surface area contributed by atoms with E-state index in [0.29, 0.717) is 0 Å². The van der Waals surface area contributed by atoms with E-state index in [1.54, 1.807) is 0 Å². The molecule has 25 heavy (non-hydrogen) atoms. The Kier molecular flexibility index (Phi) is 7.83. The van der Waals surface area contributed by atoms with Crippen molar-refractivity contribution < 1.29 is 35.1 Å². The third kappa shape index (κ3) is 5.97. The zero-order valence-electron chi connectivity index (χ0n) is 13.2. The predicted molar refractivity (Wildman–Crippen MR) is 94.4 cm³/mol. The van der Waals surface area contributed by atoms with Crippen molar-refractivity contribution in [1.29, 1.82) is 0 Å². The number of rotatable bonds is 10. The molecule has 0 aliphatic carbocycles. The average molecular weight is 392 g/mol. The van der Waals surface area contributed by atoms with E-state index < -0.39 is 29.7 Å². The Morgan fingerprint density at radius 3 is 2.28 bits per heavy atom. The minimum Gasteiger partial charge on any atom is -0.507 e. The molecule has 1 rings (SSSR count). The Labute approximate surface area is 151 Å². The minimum atomic E-state index is -2.36. The Morgan fingerprint density at radius 2 is 1.80 bits per heavy atom. The standard InChI is InChI=1S/C14H20N2O7S2/c1-7(11-9(17)3-2-4-10(11)18)16-14(23,13(21)22)6-25-24-5-8(15)12(19)20/h2-4,7-8,16-18,23H,5-6,15H2,1H3,(H,19,20)(H,21,22). The maximum atomic E-state index is 11.4. The van der Waals surface area contributed by atoms with Crippen LogP contribution in [0.2, 0.25) is 0 Å². The Morgan fingerprint density at radius 1 is 1.24 bits per heavy atom. The van der Waals surface area contributed by atoms with E-state index in [9.17, 15) is 30.0 Å². The molecule has 0 aromatic heterocycles. The monoisotopic (exact) mass is 392 g/mol. The number of nitrogens with two attached hydrogens (primary N) is 1. The molecule has 3 unspecified atom stereocenters. The number of hydrogen-bond acceptors (Lipinski definition) is 9. The number of hydrogen-bond donors (Lipinski definition) is 7. The molecule has 0 bridgehead atoms. The van der Waals surface area contributed by atoms with Crippen LogP contribution >= 0.6 is 21.6 Å². The lowest BCUT2D eigenvalue weighted by Gasteiger charge is -2.28. The van der Waals surface area contributed by atoms with E-state index in [1.807, 2.05) is 0 Å². The molecule has 3 atom stereocenters. The molecule has 0 saturated carbocycles. The van der Waals surface area contributed by atoms with Crippen LogP contribution in [0, 0.1) is 0 Å². The summed E-state index contributed by atoms with van der Waals surface area (Å²) in [5, 5.41) is 50.4. The van der Waals surface area contributed by atoms with Gasteiger partial charge in [-0.2, -0.15) is 0 Å². The van der Waals surface area contributed by atoms with Crippen LogP contribution in [-0.2, 0) is 9.59 Å². The summed E-state index contributed by atoms with van der Waals surface area (Å²) in [4.78, 5) is 22.0. The summed E-state index contributed by atoms with van der Waals surface area (Å²) in [7, 11) is 1.95. The first-order chi connectivity index (χ1) is 11.6. The van der Waals surface area contributed by atoms with E-state index in [0.717, 1.165) is 21.6 Å². The van der Waals surface area contributed by atoms with Gasteiger partial charge in [-0.1, -0.05) is 27.7 Å². The van der Waals surface area contributed by atoms with Crippen molar-refractivity contribution in [2.75, 3.05) is 11.5 Å². The fourth-order valence-electron chi connectivity index (χ4n) is 1.90. The van der Waals surface area contributed by atoms with Gasteiger partial charge in [-0.25, -0.2) is 4.79 Å². The van der Waals surface area contributed by atoms with Crippen molar-refractivity contribution in [2.24, 2.45) is 5.73 Å². The van der Waals surface area contributed by atoms with Crippen LogP contribution in [-0.4, -0.2) is 60.7 Å². The second-order valence-corrected chi connectivity index (χ2v) is 7.74. The second kappa shape index (κ2) is 9.15. The first-order valence-electron chi connectivity index (χ1n) is 7.05. The maximum absolute atomic E-state index is 11.4. The molecule has 9 nitrogen and oxygen atoms in total. The van der Waals surface area contributed by atoms with Gasteiger partial charge in [-0.15, -0.1) is 0 Å². The Bertz CT molecular complexity index is 611. The predicted octanol–water partition coefficient (Wildman–Crippen LogP) is 0.315. The van der Waals surface area contributed by atoms with Crippen molar-refractivity contribution in [3.63, 3.8) is 0 Å². The molecule has 0 aliphatic heterocycles. The van der Waals surface area contributed by atoms with Crippen molar-refractivity contribution in [2.45, 2.75) is 24.7 Å². The van der Waals surface area contributed by atoms with E-state index >= 15 is 0 Å². The SMILES string of the molecule is CC(NC(O)(CSSCC(N)C(=O)O)C(=O)O)c1c(O)cccc1O. The molecule has 0 amide bonds. The lowest BCUT2D eigenvalue weighted by molar-refractivity contribution is -0.160. The fraction of sp³-hybridized carbons (Fsp3) is 0.429. The molecule has 0 saturated heterocycles. The van der Waals surface area contributed by atoms with Crippen molar-refractivity contribution in [3.8, 4) is 11.5 Å². The van der Waals surface area contributed by atoms with E-state index in [1.165, 1.54) is 25.1 Å². The Balaban J connectivity index is 2.75. The molecule has 8 N–H and O–H groups in total. The van der Waals surface area contributed by atoms with Crippen LogP contribution in [0.1, 0.15) is 18.5 Å². The van der Waals surface area contributed by atoms with Crippen molar-refractivity contribution in [1.82, 2.24) is 5.32 Å². The summed E-state index contributed by atoms with van der Waals surface area (Å²) >= 11 is 0. The molecule has 11 heteroatoms. The number of aliphatic carboxylic acids is 2. The number of benzene rings is 1. The number of carboxylic acids is 2. The molecule has 0 spiro atoms. The molecule has 0 aliphatic rings. The summed E-state index contributed by atoms with van der Waals surface area (Å²) in [6.45, 7) is 1.47. The van der Waals surface area contributed by atoms with Gasteiger partial charge in [0.2, 0.25) is 5.72 Å². The zero-order valence-corrected chi connectivity index (χ0v) is 14.9. The quantitative estimate of drug-likeness (QED) is 0.166. The van der Waals surface area contributed by atoms with Gasteiger partial charge in [0.1, 0.15) is 17.5 Å². The lowest BCUT2D eigenvalue weighted by Crippen LogP contribution is -2.55. The highest BCUT2D eigenvalue weighted by Gasteiger charge is 2.38. The van der Waals surface area contributed by atoms with Crippen LogP contribution in [0.5, 0.6) is 11.5 Å². The molecular weight excluding hydrogens is 372 g/mol. The number of phenolic OH excluding ortho intramolecular Hbond substituents is 2. The van der Waals surface area contributed by atoms with Crippen molar-refractivity contribution >= 4 is 33.5 Å². The van der Waals surface area contributed by atoms with Gasteiger partial charge in [0.05, 0.1) is 11.3 Å². The third-order valence-electron chi connectivity index (χ3n) is 3.22. The average Bonchev–Trinajstić information content (AvgIpc) is 2.50. The number of nitrogens with one attached hydrogen (secondary N) is 1. The summed E-state index contributed by atoms with van der Waals surface area (Å²) < 4.78 is 0. The molecule has 1 aromatic carbocycles. The number of phenols is 2. The smallest absolute Gasteiger partial charge is 0.352 e. The van der Waals surface area contributed by atoms with Crippen LogP contribution < -0.4 is 11.1 Å². The lowest BCUT2D eigenvalue weighted by atomic mass is 10.0. The largest absolute Gasteiger partial charge is 0.507 e. The molecule has 140 valence electrons. The zero-order chi connectivity index (χ0) is 19.2. The number of aromatic hydroxyl groups is 2. The van der Waals surface area contributed by atoms with Crippen molar-refractivity contribution in [3.05, 3.63) is 23.8 Å². The van der Waals surface area contributed by atoms with Gasteiger partial charge in [0.25, 0.3) is 0 Å². The molecular formula is C14H20N2O7S2. The summed E-state index contributed by atoms with van der Waals surface area (Å²) in [5.41, 5.74) is 3.02. The second-order valence-electron chi connectivity index (χ2n) is 5.23. The summed E-state index contributed by atoms with van der Waals surface area (Å²) in [6, 6.07) is 2.09. The van der Waals surface area contributed by atoms with Crippen LogP contribution in [0.15, 0.2) is 18.2 Å². The molecule has 0 radical (unpaired) electrons. The highest BCUT2D eigenvalue weighted by Crippen LogP contribution is 2.34. The summed E-state index contributed by atoms with van der Waals surface area (Å²) in [6.07, 6.45) is 0. The first-order valence-corrected chi connectivity index (χ1v) is 9.54. The van der Waals surface area contributed by atoms with Gasteiger partial charge < -0.3 is 31.3 Å². The highest BCUT2D eigenvalue weighted by atomic mass is 33.1. The normalized spacial score (nSPS) is 16.0. The molecule has 1 aromatic rings. The first kappa shape index (κ1) is 21.4. The van der Waals surface area contributed by atoms with Gasteiger partial charge in [-0.3, -0.25) is 10.1 Å². The van der Waals surface area contributed by atoms with E-state index in [4.69, 9.17) is 10.8 Å². The fourth-order valence-corrected chi connectivity index (χ4v) is 4.24. The number of carboxylic acid groups (broad SMARTS) is 2.